The van der Waals surface area contributed by atoms with Gasteiger partial charge >= 0.3 is 0 Å². The second-order valence-electron chi connectivity index (χ2n) is 6.65. The summed E-state index contributed by atoms with van der Waals surface area (Å²) in [5.41, 5.74) is 9.22. The summed E-state index contributed by atoms with van der Waals surface area (Å²) in [6, 6.07) is 19.3. The van der Waals surface area contributed by atoms with Crippen molar-refractivity contribution in [3.8, 4) is 17.2 Å². The maximum atomic E-state index is 12.8. The van der Waals surface area contributed by atoms with Crippen LogP contribution in [0.2, 0.25) is 0 Å². The van der Waals surface area contributed by atoms with E-state index < -0.39 is 6.04 Å². The molecule has 2 aromatic carbocycles. The number of nitrogens with two attached hydrogens (primary N) is 1. The summed E-state index contributed by atoms with van der Waals surface area (Å²) in [6.45, 7) is 0. The summed E-state index contributed by atoms with van der Waals surface area (Å²) < 4.78 is 0. The highest BCUT2D eigenvalue weighted by Crippen LogP contribution is 2.48. The Bertz CT molecular complexity index is 794. The average molecular weight is 317 g/mol. The van der Waals surface area contributed by atoms with Crippen molar-refractivity contribution in [2.75, 3.05) is 0 Å². The molecule has 0 aromatic heterocycles. The van der Waals surface area contributed by atoms with Crippen LogP contribution in [-0.2, 0) is 4.79 Å². The van der Waals surface area contributed by atoms with E-state index in [2.05, 4.69) is 18.2 Å². The molecule has 120 valence electrons. The number of fused-ring (bicyclic) bond motifs is 1. The fraction of sp³-hybridized carbons (Fsp3) is 0.300. The van der Waals surface area contributed by atoms with Gasteiger partial charge in [0.2, 0.25) is 5.91 Å². The Morgan fingerprint density at radius 1 is 1.08 bits per heavy atom. The highest BCUT2D eigenvalue weighted by molar-refractivity contribution is 5.85. The zero-order valence-electron chi connectivity index (χ0n) is 13.3. The molecule has 2 N–H and O–H groups in total. The van der Waals surface area contributed by atoms with Crippen molar-refractivity contribution in [3.05, 3.63) is 60.2 Å². The van der Waals surface area contributed by atoms with Gasteiger partial charge in [-0.3, -0.25) is 4.79 Å². The molecule has 0 radical (unpaired) electrons. The number of nitrogens with zero attached hydrogens (tertiary/aromatic N) is 2. The third-order valence-electron chi connectivity index (χ3n) is 5.15. The third-order valence-corrected chi connectivity index (χ3v) is 5.15. The second kappa shape index (κ2) is 5.77. The van der Waals surface area contributed by atoms with Crippen molar-refractivity contribution in [1.29, 1.82) is 5.26 Å². The summed E-state index contributed by atoms with van der Waals surface area (Å²) in [5, 5.41) is 9.25. The lowest BCUT2D eigenvalue weighted by molar-refractivity contribution is -0.133. The van der Waals surface area contributed by atoms with Crippen LogP contribution in [0.4, 0.5) is 0 Å². The third kappa shape index (κ3) is 2.47. The Balaban J connectivity index is 1.53. The number of nitriles is 1. The van der Waals surface area contributed by atoms with Crippen LogP contribution >= 0.6 is 0 Å². The van der Waals surface area contributed by atoms with Gasteiger partial charge in [0.1, 0.15) is 12.1 Å². The summed E-state index contributed by atoms with van der Waals surface area (Å²) in [6.07, 6.45) is 1.82. The molecule has 2 fully saturated rings. The van der Waals surface area contributed by atoms with Gasteiger partial charge in [0.05, 0.1) is 6.07 Å². The second-order valence-corrected chi connectivity index (χ2v) is 6.65. The minimum Gasteiger partial charge on any atom is -0.322 e. The maximum absolute atomic E-state index is 12.8. The lowest BCUT2D eigenvalue weighted by Gasteiger charge is -2.26. The summed E-state index contributed by atoms with van der Waals surface area (Å²) >= 11 is 0. The normalized spacial score (nSPS) is 25.7. The number of piperidine rings is 1. The smallest absolute Gasteiger partial charge is 0.245 e. The first-order valence-corrected chi connectivity index (χ1v) is 8.32. The molecule has 1 aliphatic heterocycles. The number of hydrogen-bond acceptors (Lipinski definition) is 3. The Morgan fingerprint density at radius 3 is 2.42 bits per heavy atom. The number of rotatable bonds is 3. The maximum Gasteiger partial charge on any atom is 0.245 e. The predicted octanol–water partition coefficient (Wildman–Crippen LogP) is 2.87. The van der Waals surface area contributed by atoms with Crippen molar-refractivity contribution >= 4 is 5.91 Å². The number of amides is 1. The average Bonchev–Trinajstić information content (AvgIpc) is 3.31. The minimum absolute atomic E-state index is 0.126. The molecule has 1 heterocycles. The Labute approximate surface area is 141 Å². The zero-order chi connectivity index (χ0) is 16.7. The van der Waals surface area contributed by atoms with Gasteiger partial charge in [0.25, 0.3) is 0 Å². The van der Waals surface area contributed by atoms with Gasteiger partial charge < -0.3 is 10.6 Å². The van der Waals surface area contributed by atoms with E-state index in [1.165, 1.54) is 0 Å². The monoisotopic (exact) mass is 317 g/mol. The van der Waals surface area contributed by atoms with Crippen molar-refractivity contribution in [1.82, 2.24) is 4.90 Å². The number of carbonyl (C=O) groups is 1. The Morgan fingerprint density at radius 2 is 1.75 bits per heavy atom. The molecule has 1 saturated heterocycles. The van der Waals surface area contributed by atoms with Gasteiger partial charge in [-0.15, -0.1) is 0 Å². The first kappa shape index (κ1) is 14.9. The van der Waals surface area contributed by atoms with E-state index in [0.29, 0.717) is 5.92 Å². The molecular formula is C20H19N3O. The number of carbonyl (C=O) groups excluding carboxylic acids is 1. The fourth-order valence-electron chi connectivity index (χ4n) is 3.71. The Hall–Kier alpha value is -2.64. The standard InChI is InChI=1S/C20H19N3O/c21-12-17-10-16-11-18(16)23(17)20(24)19(22)15-8-6-14(7-9-15)13-4-2-1-3-5-13/h1-9,16-19H,10-11,22H2/t16-,17+,18+,19+/m1/s1. The highest BCUT2D eigenvalue weighted by Gasteiger charge is 2.54. The fourth-order valence-corrected chi connectivity index (χ4v) is 3.71. The van der Waals surface area contributed by atoms with Crippen molar-refractivity contribution in [3.63, 3.8) is 0 Å². The van der Waals surface area contributed by atoms with Crippen molar-refractivity contribution in [2.45, 2.75) is 31.0 Å². The molecule has 2 aliphatic rings. The molecule has 4 atom stereocenters. The minimum atomic E-state index is -0.704. The van der Waals surface area contributed by atoms with Gasteiger partial charge in [0, 0.05) is 6.04 Å². The van der Waals surface area contributed by atoms with Gasteiger partial charge in [-0.2, -0.15) is 5.26 Å². The van der Waals surface area contributed by atoms with Gasteiger partial charge in [-0.1, -0.05) is 54.6 Å². The summed E-state index contributed by atoms with van der Waals surface area (Å²) in [7, 11) is 0. The van der Waals surface area contributed by atoms with Crippen LogP contribution < -0.4 is 5.73 Å². The van der Waals surface area contributed by atoms with Crippen LogP contribution in [0.25, 0.3) is 11.1 Å². The van der Waals surface area contributed by atoms with Crippen molar-refractivity contribution in [2.24, 2.45) is 11.7 Å². The highest BCUT2D eigenvalue weighted by atomic mass is 16.2. The van der Waals surface area contributed by atoms with Gasteiger partial charge in [-0.05, 0) is 35.4 Å². The van der Waals surface area contributed by atoms with E-state index in [0.717, 1.165) is 29.5 Å². The van der Waals surface area contributed by atoms with Crippen LogP contribution in [0.1, 0.15) is 24.4 Å². The summed E-state index contributed by atoms with van der Waals surface area (Å²) in [4.78, 5) is 14.5. The quantitative estimate of drug-likeness (QED) is 0.946. The molecule has 0 unspecified atom stereocenters. The van der Waals surface area contributed by atoms with Gasteiger partial charge in [-0.25, -0.2) is 0 Å². The molecule has 1 saturated carbocycles. The van der Waals surface area contributed by atoms with E-state index in [4.69, 9.17) is 5.73 Å². The van der Waals surface area contributed by atoms with Crippen molar-refractivity contribution < 1.29 is 4.79 Å². The van der Waals surface area contributed by atoms with Gasteiger partial charge in [0.15, 0.2) is 0 Å². The van der Waals surface area contributed by atoms with Crippen LogP contribution in [-0.4, -0.2) is 22.9 Å². The lowest BCUT2D eigenvalue weighted by Crippen LogP contribution is -2.43. The van der Waals surface area contributed by atoms with Crippen LogP contribution in [0.3, 0.4) is 0 Å². The molecule has 0 spiro atoms. The van der Waals surface area contributed by atoms with E-state index in [-0.39, 0.29) is 18.0 Å². The lowest BCUT2D eigenvalue weighted by atomic mass is 10.00. The first-order chi connectivity index (χ1) is 11.7. The van der Waals surface area contributed by atoms with Crippen LogP contribution in [0.5, 0.6) is 0 Å². The first-order valence-electron chi connectivity index (χ1n) is 8.32. The molecule has 2 aromatic rings. The number of hydrogen-bond donors (Lipinski definition) is 1. The molecule has 1 aliphatic carbocycles. The number of likely N-dealkylation sites (tertiary alicyclic amines) is 1. The summed E-state index contributed by atoms with van der Waals surface area (Å²) in [5.74, 6) is 0.380. The van der Waals surface area contributed by atoms with E-state index in [1.54, 1.807) is 4.90 Å². The number of benzene rings is 2. The SMILES string of the molecule is N#C[C@@H]1C[C@@H]2C[C@@H]2N1C(=O)[C@@H](N)c1ccc(-c2ccccc2)cc1. The van der Waals surface area contributed by atoms with Crippen LogP contribution in [0, 0.1) is 17.2 Å². The predicted molar refractivity (Wildman–Crippen MR) is 91.6 cm³/mol. The molecule has 0 bridgehead atoms. The zero-order valence-corrected chi connectivity index (χ0v) is 13.3. The molecule has 4 nitrogen and oxygen atoms in total. The van der Waals surface area contributed by atoms with Crippen LogP contribution in [0.15, 0.2) is 54.6 Å². The molecule has 24 heavy (non-hydrogen) atoms. The van der Waals surface area contributed by atoms with E-state index in [1.807, 2.05) is 42.5 Å². The van der Waals surface area contributed by atoms with E-state index in [9.17, 15) is 10.1 Å². The largest absolute Gasteiger partial charge is 0.322 e. The molecule has 4 rings (SSSR count). The Kier molecular flexibility index (Phi) is 3.59. The topological polar surface area (TPSA) is 70.1 Å². The molecular weight excluding hydrogens is 298 g/mol. The molecule has 4 heteroatoms. The van der Waals surface area contributed by atoms with E-state index >= 15 is 0 Å². The molecule has 1 amide bonds.